The van der Waals surface area contributed by atoms with Crippen LogP contribution in [0.15, 0.2) is 53.5 Å². The SMILES string of the molecule is CCNC(=NCc1ccc(COC2CCOCC2)cc1)NC1CCOc2ccccc21.I. The monoisotopic (exact) mass is 551 g/mol. The average molecular weight is 551 g/mol. The van der Waals surface area contributed by atoms with Gasteiger partial charge in [0.05, 0.1) is 31.9 Å². The predicted octanol–water partition coefficient (Wildman–Crippen LogP) is 4.58. The Kier molecular flexibility index (Phi) is 10.1. The number of benzene rings is 2. The van der Waals surface area contributed by atoms with Gasteiger partial charge in [0.25, 0.3) is 0 Å². The molecular formula is C25H34IN3O3. The molecule has 2 N–H and O–H groups in total. The minimum Gasteiger partial charge on any atom is -0.493 e. The van der Waals surface area contributed by atoms with E-state index in [2.05, 4.69) is 54.0 Å². The van der Waals surface area contributed by atoms with Crippen molar-refractivity contribution < 1.29 is 14.2 Å². The molecule has 0 amide bonds. The fourth-order valence-corrected chi connectivity index (χ4v) is 3.95. The lowest BCUT2D eigenvalue weighted by molar-refractivity contribution is -0.0390. The lowest BCUT2D eigenvalue weighted by Gasteiger charge is -2.28. The predicted molar refractivity (Wildman–Crippen MR) is 138 cm³/mol. The summed E-state index contributed by atoms with van der Waals surface area (Å²) in [6.45, 7) is 6.52. The van der Waals surface area contributed by atoms with E-state index in [1.165, 1.54) is 16.7 Å². The van der Waals surface area contributed by atoms with Gasteiger partial charge in [-0.1, -0.05) is 42.5 Å². The molecule has 2 aromatic carbocycles. The molecule has 2 aliphatic rings. The number of para-hydroxylation sites is 1. The molecule has 0 spiro atoms. The summed E-state index contributed by atoms with van der Waals surface area (Å²) in [5.74, 6) is 1.79. The van der Waals surface area contributed by atoms with Crippen LogP contribution in [0.5, 0.6) is 5.75 Å². The third-order valence-electron chi connectivity index (χ3n) is 5.71. The van der Waals surface area contributed by atoms with Crippen LogP contribution >= 0.6 is 24.0 Å². The summed E-state index contributed by atoms with van der Waals surface area (Å²) >= 11 is 0. The lowest BCUT2D eigenvalue weighted by Crippen LogP contribution is -2.41. The first-order chi connectivity index (χ1) is 15.3. The van der Waals surface area contributed by atoms with E-state index in [0.717, 1.165) is 50.7 Å². The zero-order valence-electron chi connectivity index (χ0n) is 18.7. The number of fused-ring (bicyclic) bond motifs is 1. The third-order valence-corrected chi connectivity index (χ3v) is 5.71. The largest absolute Gasteiger partial charge is 0.493 e. The summed E-state index contributed by atoms with van der Waals surface area (Å²) in [5, 5.41) is 6.95. The number of ether oxygens (including phenoxy) is 3. The van der Waals surface area contributed by atoms with Crippen molar-refractivity contribution >= 4 is 29.9 Å². The molecule has 1 saturated heterocycles. The molecule has 6 nitrogen and oxygen atoms in total. The molecule has 2 heterocycles. The van der Waals surface area contributed by atoms with Crippen LogP contribution in [0.1, 0.15) is 48.9 Å². The summed E-state index contributed by atoms with van der Waals surface area (Å²) < 4.78 is 17.2. The van der Waals surface area contributed by atoms with E-state index in [0.29, 0.717) is 25.9 Å². The van der Waals surface area contributed by atoms with Gasteiger partial charge >= 0.3 is 0 Å². The minimum absolute atomic E-state index is 0. The van der Waals surface area contributed by atoms with Gasteiger partial charge in [-0.05, 0) is 37.0 Å². The van der Waals surface area contributed by atoms with Crippen LogP contribution in [-0.4, -0.2) is 38.4 Å². The molecule has 1 atom stereocenters. The first-order valence-corrected chi connectivity index (χ1v) is 11.4. The number of aliphatic imine (C=N–C) groups is 1. The smallest absolute Gasteiger partial charge is 0.192 e. The topological polar surface area (TPSA) is 64.1 Å². The molecule has 0 radical (unpaired) electrons. The van der Waals surface area contributed by atoms with Crippen molar-refractivity contribution in [2.24, 2.45) is 4.99 Å². The number of halogens is 1. The highest BCUT2D eigenvalue weighted by molar-refractivity contribution is 14.0. The third kappa shape index (κ3) is 7.08. The highest BCUT2D eigenvalue weighted by atomic mass is 127. The highest BCUT2D eigenvalue weighted by Gasteiger charge is 2.21. The van der Waals surface area contributed by atoms with Gasteiger partial charge in [0.2, 0.25) is 0 Å². The molecule has 0 saturated carbocycles. The zero-order chi connectivity index (χ0) is 21.3. The minimum atomic E-state index is 0. The van der Waals surface area contributed by atoms with Crippen molar-refractivity contribution in [3.8, 4) is 5.75 Å². The maximum Gasteiger partial charge on any atom is 0.192 e. The van der Waals surface area contributed by atoms with Crippen molar-refractivity contribution in [1.29, 1.82) is 0 Å². The second-order valence-corrected chi connectivity index (χ2v) is 8.01. The van der Waals surface area contributed by atoms with Crippen molar-refractivity contribution in [3.05, 3.63) is 65.2 Å². The summed E-state index contributed by atoms with van der Waals surface area (Å²) in [6, 6.07) is 17.0. The molecule has 0 aliphatic carbocycles. The molecule has 0 aromatic heterocycles. The van der Waals surface area contributed by atoms with Crippen molar-refractivity contribution in [3.63, 3.8) is 0 Å². The van der Waals surface area contributed by atoms with E-state index in [4.69, 9.17) is 19.2 Å². The Morgan fingerprint density at radius 3 is 2.53 bits per heavy atom. The van der Waals surface area contributed by atoms with E-state index < -0.39 is 0 Å². The molecule has 7 heteroatoms. The normalized spacial score (nSPS) is 18.8. The molecule has 2 aromatic rings. The van der Waals surface area contributed by atoms with Gasteiger partial charge in [-0.25, -0.2) is 4.99 Å². The van der Waals surface area contributed by atoms with Crippen LogP contribution in [0.2, 0.25) is 0 Å². The van der Waals surface area contributed by atoms with Crippen LogP contribution < -0.4 is 15.4 Å². The summed E-state index contributed by atoms with van der Waals surface area (Å²) in [4.78, 5) is 4.81. The van der Waals surface area contributed by atoms with Crippen LogP contribution in [0.4, 0.5) is 0 Å². The Hall–Kier alpha value is -1.84. The molecule has 174 valence electrons. The van der Waals surface area contributed by atoms with E-state index in [1.807, 2.05) is 12.1 Å². The first-order valence-electron chi connectivity index (χ1n) is 11.4. The molecule has 2 aliphatic heterocycles. The van der Waals surface area contributed by atoms with Crippen LogP contribution in [0.25, 0.3) is 0 Å². The zero-order valence-corrected chi connectivity index (χ0v) is 21.0. The maximum absolute atomic E-state index is 6.01. The Bertz CT molecular complexity index is 854. The van der Waals surface area contributed by atoms with Gasteiger partial charge in [-0.2, -0.15) is 0 Å². The molecule has 4 rings (SSSR count). The molecule has 32 heavy (non-hydrogen) atoms. The van der Waals surface area contributed by atoms with Gasteiger partial charge in [0.1, 0.15) is 5.75 Å². The number of rotatable bonds is 7. The van der Waals surface area contributed by atoms with E-state index >= 15 is 0 Å². The molecule has 0 bridgehead atoms. The van der Waals surface area contributed by atoms with E-state index in [9.17, 15) is 0 Å². The van der Waals surface area contributed by atoms with Crippen LogP contribution in [0.3, 0.4) is 0 Å². The first kappa shape index (κ1) is 24.8. The molecular weight excluding hydrogens is 517 g/mol. The second kappa shape index (κ2) is 13.0. The van der Waals surface area contributed by atoms with E-state index in [-0.39, 0.29) is 30.0 Å². The molecule has 1 fully saturated rings. The van der Waals surface area contributed by atoms with Crippen LogP contribution in [0, 0.1) is 0 Å². The Labute approximate surface area is 208 Å². The number of hydrogen-bond acceptors (Lipinski definition) is 4. The Morgan fingerprint density at radius 1 is 1.00 bits per heavy atom. The highest BCUT2D eigenvalue weighted by Crippen LogP contribution is 2.31. The fraction of sp³-hybridized carbons (Fsp3) is 0.480. The van der Waals surface area contributed by atoms with Gasteiger partial charge in [-0.3, -0.25) is 0 Å². The second-order valence-electron chi connectivity index (χ2n) is 8.01. The Morgan fingerprint density at radius 2 is 1.75 bits per heavy atom. The summed E-state index contributed by atoms with van der Waals surface area (Å²) in [7, 11) is 0. The Balaban J connectivity index is 0.00000289. The standard InChI is InChI=1S/C25H33N3O3.HI/c1-2-26-25(28-23-13-16-30-24-6-4-3-5-22(23)24)27-17-19-7-9-20(10-8-19)18-31-21-11-14-29-15-12-21;/h3-10,21,23H,2,11-18H2,1H3,(H2,26,27,28);1H. The van der Waals surface area contributed by atoms with Crippen LogP contribution in [-0.2, 0) is 22.6 Å². The van der Waals surface area contributed by atoms with E-state index in [1.54, 1.807) is 0 Å². The average Bonchev–Trinajstić information content (AvgIpc) is 2.83. The number of hydrogen-bond donors (Lipinski definition) is 2. The van der Waals surface area contributed by atoms with Gasteiger partial charge < -0.3 is 24.8 Å². The quantitative estimate of drug-likeness (QED) is 0.300. The number of nitrogens with one attached hydrogen (secondary N) is 2. The number of guanidine groups is 1. The molecule has 1 unspecified atom stereocenters. The van der Waals surface area contributed by atoms with Gasteiger partial charge in [0, 0.05) is 31.7 Å². The lowest BCUT2D eigenvalue weighted by atomic mass is 10.0. The van der Waals surface area contributed by atoms with Crippen molar-refractivity contribution in [1.82, 2.24) is 10.6 Å². The fourth-order valence-electron chi connectivity index (χ4n) is 3.95. The summed E-state index contributed by atoms with van der Waals surface area (Å²) in [6.07, 6.45) is 3.22. The summed E-state index contributed by atoms with van der Waals surface area (Å²) in [5.41, 5.74) is 3.57. The van der Waals surface area contributed by atoms with Crippen molar-refractivity contribution in [2.45, 2.75) is 51.5 Å². The maximum atomic E-state index is 6.01. The number of nitrogens with zero attached hydrogens (tertiary/aromatic N) is 1. The van der Waals surface area contributed by atoms with Gasteiger partial charge in [0.15, 0.2) is 5.96 Å². The van der Waals surface area contributed by atoms with Crippen molar-refractivity contribution in [2.75, 3.05) is 26.4 Å². The van der Waals surface area contributed by atoms with Gasteiger partial charge in [-0.15, -0.1) is 24.0 Å².